The van der Waals surface area contributed by atoms with E-state index in [0.29, 0.717) is 0 Å². The first-order chi connectivity index (χ1) is 5.93. The molecule has 12 heavy (non-hydrogen) atoms. The van der Waals surface area contributed by atoms with E-state index in [0.717, 1.165) is 10.8 Å². The molecule has 64 valence electrons. The molecule has 0 aromatic carbocycles. The van der Waals surface area contributed by atoms with Gasteiger partial charge >= 0.3 is 0 Å². The molecular weight excluding hydrogens is 174 g/mol. The Balaban J connectivity index is 2.29. The molecule has 0 N–H and O–H groups in total. The molecule has 1 rings (SSSR count). The molecule has 4 nitrogen and oxygen atoms in total. The summed E-state index contributed by atoms with van der Waals surface area (Å²) in [5.74, 6) is 0.755. The molecule has 0 saturated heterocycles. The highest BCUT2D eigenvalue weighted by Crippen LogP contribution is 2.10. The average Bonchev–Trinajstić information content (AvgIpc) is 2.14. The molecule has 0 fully saturated rings. The molecule has 0 amide bonds. The summed E-state index contributed by atoms with van der Waals surface area (Å²) in [6, 6.07) is 1.85. The van der Waals surface area contributed by atoms with Crippen molar-refractivity contribution in [2.75, 3.05) is 12.9 Å². The van der Waals surface area contributed by atoms with Gasteiger partial charge < -0.3 is 4.84 Å². The summed E-state index contributed by atoms with van der Waals surface area (Å²) in [5, 5.41) is 4.54. The van der Waals surface area contributed by atoms with Gasteiger partial charge in [0.05, 0.1) is 11.2 Å². The van der Waals surface area contributed by atoms with Crippen LogP contribution < -0.4 is 0 Å². The highest BCUT2D eigenvalue weighted by atomic mass is 32.2. The van der Waals surface area contributed by atoms with Crippen molar-refractivity contribution in [3.8, 4) is 0 Å². The maximum absolute atomic E-state index is 4.50. The second-order valence-corrected chi connectivity index (χ2v) is 2.87. The van der Waals surface area contributed by atoms with Crippen molar-refractivity contribution in [2.45, 2.75) is 5.03 Å². The van der Waals surface area contributed by atoms with E-state index in [2.05, 4.69) is 20.0 Å². The number of thioether (sulfide) groups is 1. The molecule has 1 aromatic rings. The van der Waals surface area contributed by atoms with Crippen molar-refractivity contribution >= 4 is 18.0 Å². The Morgan fingerprint density at radius 1 is 1.75 bits per heavy atom. The molecule has 1 heterocycles. The van der Waals surface area contributed by atoms with Crippen LogP contribution in [0.1, 0.15) is 0 Å². The Kier molecular flexibility index (Phi) is 4.15. The fourth-order valence-corrected chi connectivity index (χ4v) is 1.18. The van der Waals surface area contributed by atoms with E-state index in [1.54, 1.807) is 24.2 Å². The maximum atomic E-state index is 4.50. The molecule has 1 aromatic heterocycles. The van der Waals surface area contributed by atoms with Gasteiger partial charge in [0, 0.05) is 11.9 Å². The highest BCUT2D eigenvalue weighted by molar-refractivity contribution is 7.99. The van der Waals surface area contributed by atoms with Crippen LogP contribution in [0.4, 0.5) is 0 Å². The van der Waals surface area contributed by atoms with E-state index in [9.17, 15) is 0 Å². The van der Waals surface area contributed by atoms with Gasteiger partial charge in [-0.05, 0) is 6.07 Å². The van der Waals surface area contributed by atoms with Crippen molar-refractivity contribution in [3.63, 3.8) is 0 Å². The lowest BCUT2D eigenvalue weighted by molar-refractivity contribution is 0.215. The third-order valence-corrected chi connectivity index (χ3v) is 1.89. The molecule has 0 aliphatic heterocycles. The van der Waals surface area contributed by atoms with Gasteiger partial charge in [-0.2, -0.15) is 0 Å². The predicted molar refractivity (Wildman–Crippen MR) is 48.3 cm³/mol. The van der Waals surface area contributed by atoms with Crippen molar-refractivity contribution < 1.29 is 4.84 Å². The number of rotatable bonds is 4. The van der Waals surface area contributed by atoms with Gasteiger partial charge in [0.2, 0.25) is 0 Å². The summed E-state index contributed by atoms with van der Waals surface area (Å²) in [6.07, 6.45) is 4.92. The van der Waals surface area contributed by atoms with Crippen LogP contribution in [0.5, 0.6) is 0 Å². The van der Waals surface area contributed by atoms with E-state index in [4.69, 9.17) is 0 Å². The third-order valence-electron chi connectivity index (χ3n) is 1.04. The maximum Gasteiger partial charge on any atom is 0.116 e. The molecule has 0 aliphatic rings. The van der Waals surface area contributed by atoms with Crippen LogP contribution in [-0.2, 0) is 4.84 Å². The molecule has 0 aliphatic carbocycles. The summed E-state index contributed by atoms with van der Waals surface area (Å²) < 4.78 is 0. The number of oxime groups is 1. The van der Waals surface area contributed by atoms with Crippen LogP contribution in [0.15, 0.2) is 28.8 Å². The van der Waals surface area contributed by atoms with Gasteiger partial charge in [-0.15, -0.1) is 11.8 Å². The molecule has 0 radical (unpaired) electrons. The van der Waals surface area contributed by atoms with Gasteiger partial charge in [0.1, 0.15) is 13.4 Å². The zero-order chi connectivity index (χ0) is 8.65. The van der Waals surface area contributed by atoms with E-state index in [1.165, 1.54) is 13.4 Å². The van der Waals surface area contributed by atoms with Crippen LogP contribution in [0, 0.1) is 0 Å². The van der Waals surface area contributed by atoms with E-state index in [-0.39, 0.29) is 0 Å². The Bertz CT molecular complexity index is 240. The van der Waals surface area contributed by atoms with Gasteiger partial charge in [-0.1, -0.05) is 5.16 Å². The molecule has 5 heteroatoms. The lowest BCUT2D eigenvalue weighted by Gasteiger charge is -1.93. The van der Waals surface area contributed by atoms with Crippen LogP contribution in [-0.4, -0.2) is 29.0 Å². The van der Waals surface area contributed by atoms with Crippen molar-refractivity contribution in [1.82, 2.24) is 9.97 Å². The first-order valence-electron chi connectivity index (χ1n) is 3.37. The van der Waals surface area contributed by atoms with Crippen LogP contribution >= 0.6 is 11.8 Å². The predicted octanol–water partition coefficient (Wildman–Crippen LogP) is 1.20. The number of hydrogen-bond donors (Lipinski definition) is 0. The Labute approximate surface area is 75.1 Å². The van der Waals surface area contributed by atoms with E-state index >= 15 is 0 Å². The number of nitrogens with zero attached hydrogens (tertiary/aromatic N) is 3. The molecule has 0 saturated carbocycles. The minimum Gasteiger partial charge on any atom is -0.399 e. The molecule has 0 spiro atoms. The standard InChI is InChI=1S/C7H9N3OS/c1-11-10-4-5-12-7-2-3-8-6-9-7/h2-4,6H,5H2,1H3. The Hall–Kier alpha value is -1.10. The SMILES string of the molecule is CON=CCSc1ccncn1. The lowest BCUT2D eigenvalue weighted by Crippen LogP contribution is -1.84. The summed E-state index contributed by atoms with van der Waals surface area (Å²) in [5.41, 5.74) is 0. The normalized spacial score (nSPS) is 10.4. The summed E-state index contributed by atoms with van der Waals surface area (Å²) in [7, 11) is 1.52. The largest absolute Gasteiger partial charge is 0.399 e. The summed E-state index contributed by atoms with van der Waals surface area (Å²) in [4.78, 5) is 12.3. The summed E-state index contributed by atoms with van der Waals surface area (Å²) in [6.45, 7) is 0. The quantitative estimate of drug-likeness (QED) is 0.304. The van der Waals surface area contributed by atoms with Crippen molar-refractivity contribution in [2.24, 2.45) is 5.16 Å². The van der Waals surface area contributed by atoms with Gasteiger partial charge in [-0.3, -0.25) is 0 Å². The highest BCUT2D eigenvalue weighted by Gasteiger charge is 1.90. The van der Waals surface area contributed by atoms with Crippen LogP contribution in [0.3, 0.4) is 0 Å². The van der Waals surface area contributed by atoms with Gasteiger partial charge in [0.15, 0.2) is 0 Å². The lowest BCUT2D eigenvalue weighted by atomic mass is 10.7. The second-order valence-electron chi connectivity index (χ2n) is 1.83. The topological polar surface area (TPSA) is 47.4 Å². The smallest absolute Gasteiger partial charge is 0.116 e. The fraction of sp³-hybridized carbons (Fsp3) is 0.286. The molecule has 0 bridgehead atoms. The first-order valence-corrected chi connectivity index (χ1v) is 4.36. The molecule has 0 atom stereocenters. The first kappa shape index (κ1) is 8.99. The van der Waals surface area contributed by atoms with Crippen LogP contribution in [0.2, 0.25) is 0 Å². The monoisotopic (exact) mass is 183 g/mol. The van der Waals surface area contributed by atoms with Gasteiger partial charge in [-0.25, -0.2) is 9.97 Å². The zero-order valence-corrected chi connectivity index (χ0v) is 7.49. The van der Waals surface area contributed by atoms with Crippen molar-refractivity contribution in [1.29, 1.82) is 0 Å². The summed E-state index contributed by atoms with van der Waals surface area (Å²) >= 11 is 1.58. The average molecular weight is 183 g/mol. The fourth-order valence-electron chi connectivity index (χ4n) is 0.592. The number of aromatic nitrogens is 2. The molecular formula is C7H9N3OS. The Morgan fingerprint density at radius 2 is 2.67 bits per heavy atom. The zero-order valence-electron chi connectivity index (χ0n) is 6.67. The minimum atomic E-state index is 0.755. The van der Waals surface area contributed by atoms with E-state index in [1.807, 2.05) is 6.07 Å². The third kappa shape index (κ3) is 3.34. The van der Waals surface area contributed by atoms with Crippen molar-refractivity contribution in [3.05, 3.63) is 18.6 Å². The minimum absolute atomic E-state index is 0.755. The Morgan fingerprint density at radius 3 is 3.33 bits per heavy atom. The van der Waals surface area contributed by atoms with Crippen LogP contribution in [0.25, 0.3) is 0 Å². The van der Waals surface area contributed by atoms with E-state index < -0.39 is 0 Å². The second kappa shape index (κ2) is 5.54. The number of hydrogen-bond acceptors (Lipinski definition) is 5. The van der Waals surface area contributed by atoms with Gasteiger partial charge in [0.25, 0.3) is 0 Å². The molecule has 0 unspecified atom stereocenters.